The fourth-order valence-electron chi connectivity index (χ4n) is 4.36. The Kier molecular flexibility index (Phi) is 4.30. The van der Waals surface area contributed by atoms with Crippen molar-refractivity contribution in [3.05, 3.63) is 28.5 Å². The van der Waals surface area contributed by atoms with Gasteiger partial charge < -0.3 is 4.74 Å². The molecule has 4 heterocycles. The third-order valence-corrected chi connectivity index (χ3v) is 5.82. The Morgan fingerprint density at radius 1 is 1.30 bits per heavy atom. The van der Waals surface area contributed by atoms with Crippen LogP contribution in [-0.4, -0.2) is 60.3 Å². The zero-order valence-corrected chi connectivity index (χ0v) is 14.1. The molecule has 3 aliphatic heterocycles. The minimum absolute atomic E-state index is 0.0278. The molecule has 4 rings (SSSR count). The van der Waals surface area contributed by atoms with E-state index in [2.05, 4.69) is 20.9 Å². The number of halogens is 2. The second kappa shape index (κ2) is 6.28. The highest BCUT2D eigenvalue weighted by Gasteiger charge is 2.46. The van der Waals surface area contributed by atoms with Crippen molar-refractivity contribution >= 4 is 11.6 Å². The number of hydrogen-bond acceptors (Lipinski definition) is 4. The first-order valence-corrected chi connectivity index (χ1v) is 8.90. The minimum Gasteiger partial charge on any atom is -0.381 e. The molecule has 0 bridgehead atoms. The Morgan fingerprint density at radius 2 is 2.13 bits per heavy atom. The SMILES string of the molecule is F[C@H]1CCN(CCN2Cc3nc(Cl)ccc3C23CCOCC3)C1. The number of ether oxygens (including phenoxy) is 1. The van der Waals surface area contributed by atoms with Gasteiger partial charge in [-0.1, -0.05) is 17.7 Å². The van der Waals surface area contributed by atoms with Gasteiger partial charge in [0.05, 0.1) is 11.2 Å². The topological polar surface area (TPSA) is 28.6 Å². The third kappa shape index (κ3) is 2.88. The van der Waals surface area contributed by atoms with E-state index < -0.39 is 6.17 Å². The second-order valence-corrected chi connectivity index (χ2v) is 7.27. The van der Waals surface area contributed by atoms with Gasteiger partial charge in [-0.25, -0.2) is 9.37 Å². The summed E-state index contributed by atoms with van der Waals surface area (Å²) >= 11 is 6.09. The Balaban J connectivity index is 1.54. The molecular formula is C17H23ClFN3O. The van der Waals surface area contributed by atoms with Gasteiger partial charge in [-0.05, 0) is 30.9 Å². The summed E-state index contributed by atoms with van der Waals surface area (Å²) in [6, 6.07) is 4.04. The van der Waals surface area contributed by atoms with E-state index in [1.807, 2.05) is 6.07 Å². The van der Waals surface area contributed by atoms with Crippen molar-refractivity contribution in [2.75, 3.05) is 39.4 Å². The molecule has 3 aliphatic rings. The lowest BCUT2D eigenvalue weighted by Gasteiger charge is -2.42. The first-order chi connectivity index (χ1) is 11.2. The van der Waals surface area contributed by atoms with Gasteiger partial charge in [0.1, 0.15) is 11.3 Å². The lowest BCUT2D eigenvalue weighted by molar-refractivity contribution is -0.0274. The third-order valence-electron chi connectivity index (χ3n) is 5.61. The average Bonchev–Trinajstić information content (AvgIpc) is 3.08. The molecule has 0 aromatic carbocycles. The predicted octanol–water partition coefficient (Wildman–Crippen LogP) is 2.60. The van der Waals surface area contributed by atoms with Crippen LogP contribution in [0.4, 0.5) is 4.39 Å². The summed E-state index contributed by atoms with van der Waals surface area (Å²) in [6.07, 6.45) is 2.02. The number of nitrogens with zero attached hydrogens (tertiary/aromatic N) is 3. The number of alkyl halides is 1. The number of likely N-dealkylation sites (tertiary alicyclic amines) is 1. The number of fused-ring (bicyclic) bond motifs is 2. The van der Waals surface area contributed by atoms with E-state index in [1.165, 1.54) is 5.56 Å². The Labute approximate surface area is 141 Å². The summed E-state index contributed by atoms with van der Waals surface area (Å²) in [5.74, 6) is 0. The van der Waals surface area contributed by atoms with Gasteiger partial charge in [-0.15, -0.1) is 0 Å². The van der Waals surface area contributed by atoms with E-state index >= 15 is 0 Å². The molecule has 126 valence electrons. The van der Waals surface area contributed by atoms with E-state index in [9.17, 15) is 4.39 Å². The van der Waals surface area contributed by atoms with E-state index in [4.69, 9.17) is 16.3 Å². The average molecular weight is 340 g/mol. The number of hydrogen-bond donors (Lipinski definition) is 0. The molecular weight excluding hydrogens is 317 g/mol. The molecule has 0 aliphatic carbocycles. The Morgan fingerprint density at radius 3 is 2.87 bits per heavy atom. The molecule has 1 aromatic heterocycles. The fourth-order valence-corrected chi connectivity index (χ4v) is 4.52. The van der Waals surface area contributed by atoms with Gasteiger partial charge in [0, 0.05) is 45.9 Å². The van der Waals surface area contributed by atoms with Crippen LogP contribution in [0, 0.1) is 0 Å². The lowest BCUT2D eigenvalue weighted by atomic mass is 9.83. The maximum Gasteiger partial charge on any atom is 0.129 e. The molecule has 1 aromatic rings. The van der Waals surface area contributed by atoms with Gasteiger partial charge in [0.2, 0.25) is 0 Å². The van der Waals surface area contributed by atoms with Crippen molar-refractivity contribution in [3.8, 4) is 0 Å². The molecule has 1 spiro atoms. The second-order valence-electron chi connectivity index (χ2n) is 6.88. The predicted molar refractivity (Wildman–Crippen MR) is 87.3 cm³/mol. The molecule has 0 N–H and O–H groups in total. The normalized spacial score (nSPS) is 27.7. The van der Waals surface area contributed by atoms with Gasteiger partial charge in [0.25, 0.3) is 0 Å². The van der Waals surface area contributed by atoms with Crippen LogP contribution in [0.25, 0.3) is 0 Å². The molecule has 0 amide bonds. The number of pyridine rings is 1. The number of rotatable bonds is 3. The van der Waals surface area contributed by atoms with E-state index in [0.717, 1.165) is 57.9 Å². The molecule has 23 heavy (non-hydrogen) atoms. The van der Waals surface area contributed by atoms with Crippen LogP contribution in [0.15, 0.2) is 12.1 Å². The summed E-state index contributed by atoms with van der Waals surface area (Å²) in [5.41, 5.74) is 2.44. The summed E-state index contributed by atoms with van der Waals surface area (Å²) < 4.78 is 19.0. The van der Waals surface area contributed by atoms with Crippen molar-refractivity contribution < 1.29 is 9.13 Å². The molecule has 6 heteroatoms. The Bertz CT molecular complexity index is 579. The van der Waals surface area contributed by atoms with Crippen LogP contribution in [0.1, 0.15) is 30.5 Å². The zero-order chi connectivity index (χ0) is 15.9. The zero-order valence-electron chi connectivity index (χ0n) is 13.3. The fraction of sp³-hybridized carbons (Fsp3) is 0.706. The van der Waals surface area contributed by atoms with Gasteiger partial charge in [-0.2, -0.15) is 0 Å². The highest BCUT2D eigenvalue weighted by atomic mass is 35.5. The van der Waals surface area contributed by atoms with Crippen molar-refractivity contribution in [1.82, 2.24) is 14.8 Å². The summed E-state index contributed by atoms with van der Waals surface area (Å²) in [7, 11) is 0. The van der Waals surface area contributed by atoms with Crippen LogP contribution in [0.3, 0.4) is 0 Å². The highest BCUT2D eigenvalue weighted by molar-refractivity contribution is 6.29. The summed E-state index contributed by atoms with van der Waals surface area (Å²) in [6.45, 7) is 5.74. The van der Waals surface area contributed by atoms with Gasteiger partial charge >= 0.3 is 0 Å². The first-order valence-electron chi connectivity index (χ1n) is 8.52. The molecule has 0 saturated carbocycles. The maximum absolute atomic E-state index is 13.4. The quantitative estimate of drug-likeness (QED) is 0.791. The summed E-state index contributed by atoms with van der Waals surface area (Å²) in [5, 5.41) is 0.563. The van der Waals surface area contributed by atoms with Gasteiger partial charge in [0.15, 0.2) is 0 Å². The molecule has 2 saturated heterocycles. The molecule has 2 fully saturated rings. The highest BCUT2D eigenvalue weighted by Crippen LogP contribution is 2.45. The van der Waals surface area contributed by atoms with E-state index in [-0.39, 0.29) is 5.54 Å². The molecule has 4 nitrogen and oxygen atoms in total. The summed E-state index contributed by atoms with van der Waals surface area (Å²) in [4.78, 5) is 9.31. The van der Waals surface area contributed by atoms with E-state index in [1.54, 1.807) is 0 Å². The molecule has 1 atom stereocenters. The molecule has 0 radical (unpaired) electrons. The monoisotopic (exact) mass is 339 g/mol. The Hall–Kier alpha value is -0.750. The van der Waals surface area contributed by atoms with Crippen LogP contribution < -0.4 is 0 Å². The first kappa shape index (κ1) is 15.8. The van der Waals surface area contributed by atoms with Crippen LogP contribution in [-0.2, 0) is 16.8 Å². The minimum atomic E-state index is -0.650. The maximum atomic E-state index is 13.4. The molecule has 0 unspecified atom stereocenters. The number of aromatic nitrogens is 1. The smallest absolute Gasteiger partial charge is 0.129 e. The largest absolute Gasteiger partial charge is 0.381 e. The standard InChI is InChI=1S/C17H23ClFN3O/c18-16-2-1-14-15(20-16)12-22(17(14)4-9-23-10-5-17)8-7-21-6-3-13(19)11-21/h1-2,13H,3-12H2/t13-/m0/s1. The van der Waals surface area contributed by atoms with Crippen molar-refractivity contribution in [3.63, 3.8) is 0 Å². The van der Waals surface area contributed by atoms with Crippen molar-refractivity contribution in [2.45, 2.75) is 37.5 Å². The van der Waals surface area contributed by atoms with Crippen LogP contribution in [0.5, 0.6) is 0 Å². The van der Waals surface area contributed by atoms with Crippen molar-refractivity contribution in [2.24, 2.45) is 0 Å². The van der Waals surface area contributed by atoms with E-state index in [0.29, 0.717) is 18.1 Å². The van der Waals surface area contributed by atoms with Gasteiger partial charge in [-0.3, -0.25) is 9.80 Å². The van der Waals surface area contributed by atoms with Crippen molar-refractivity contribution in [1.29, 1.82) is 0 Å². The van der Waals surface area contributed by atoms with Crippen LogP contribution in [0.2, 0.25) is 5.15 Å². The van der Waals surface area contributed by atoms with Crippen LogP contribution >= 0.6 is 11.6 Å². The lowest BCUT2D eigenvalue weighted by Crippen LogP contribution is -2.47.